The van der Waals surface area contributed by atoms with E-state index in [-0.39, 0.29) is 12.0 Å². The highest BCUT2D eigenvalue weighted by Gasteiger charge is 2.60. The second kappa shape index (κ2) is 10.5. The van der Waals surface area contributed by atoms with Gasteiger partial charge in [-0.1, -0.05) is 27.4 Å². The summed E-state index contributed by atoms with van der Waals surface area (Å²) in [5.41, 5.74) is 0.921. The van der Waals surface area contributed by atoms with Gasteiger partial charge >= 0.3 is 0 Å². The predicted octanol–water partition coefficient (Wildman–Crippen LogP) is 5.80. The van der Waals surface area contributed by atoms with Crippen LogP contribution in [-0.4, -0.2) is 55.3 Å². The maximum absolute atomic E-state index is 12.6. The lowest BCUT2D eigenvalue weighted by Gasteiger charge is -2.61. The number of rotatable bonds is 9. The van der Waals surface area contributed by atoms with Crippen LogP contribution in [0.2, 0.25) is 0 Å². The Morgan fingerprint density at radius 3 is 2.54 bits per heavy atom. The van der Waals surface area contributed by atoms with Crippen LogP contribution in [0, 0.1) is 46.3 Å². The first-order chi connectivity index (χ1) is 16.5. The Bertz CT molecular complexity index is 765. The second-order valence-electron chi connectivity index (χ2n) is 14.3. The largest absolute Gasteiger partial charge is 0.393 e. The van der Waals surface area contributed by atoms with Gasteiger partial charge in [0.15, 0.2) is 0 Å². The Labute approximate surface area is 215 Å². The topological polar surface area (TPSA) is 49.3 Å². The van der Waals surface area contributed by atoms with Gasteiger partial charge < -0.3 is 14.9 Å². The van der Waals surface area contributed by atoms with Crippen LogP contribution >= 0.6 is 0 Å². The molecule has 4 aliphatic carbocycles. The highest BCUT2D eigenvalue weighted by atomic mass is 16.3. The second-order valence-corrected chi connectivity index (χ2v) is 14.3. The van der Waals surface area contributed by atoms with Gasteiger partial charge in [0.05, 0.1) is 39.8 Å². The van der Waals surface area contributed by atoms with Crippen molar-refractivity contribution in [2.45, 2.75) is 97.5 Å². The summed E-state index contributed by atoms with van der Waals surface area (Å²) < 4.78 is 0.866. The van der Waals surface area contributed by atoms with E-state index in [0.717, 1.165) is 73.0 Å². The first kappa shape index (κ1) is 27.2. The average Bonchev–Trinajstić information content (AvgIpc) is 3.15. The maximum Gasteiger partial charge on any atom is 0.220 e. The van der Waals surface area contributed by atoms with E-state index in [2.05, 4.69) is 46.8 Å². The summed E-state index contributed by atoms with van der Waals surface area (Å²) in [7, 11) is 4.37. The molecule has 9 atom stereocenters. The number of nitrogens with zero attached hydrogens (tertiary/aromatic N) is 1. The zero-order valence-electron chi connectivity index (χ0n) is 23.5. The van der Waals surface area contributed by atoms with Gasteiger partial charge in [-0.15, -0.1) is 0 Å². The molecule has 1 amide bonds. The van der Waals surface area contributed by atoms with Crippen molar-refractivity contribution in [3.05, 3.63) is 12.7 Å². The SMILES string of the molecule is C=CC[N+](C)(C)CCNC(=O)CCC(C)[C@H]1CCC2C3CCC4C[C@H](O)CC[C@]4(C)C3CC[C@@]21C. The Hall–Kier alpha value is -0.870. The molecule has 2 N–H and O–H groups in total. The summed E-state index contributed by atoms with van der Waals surface area (Å²) in [5, 5.41) is 13.5. The first-order valence-electron chi connectivity index (χ1n) is 14.9. The van der Waals surface area contributed by atoms with E-state index in [4.69, 9.17) is 0 Å². The van der Waals surface area contributed by atoms with Crippen LogP contribution < -0.4 is 5.32 Å². The number of carbonyl (C=O) groups excluding carboxylic acids is 1. The summed E-state index contributed by atoms with van der Waals surface area (Å²) in [6, 6.07) is 0. The van der Waals surface area contributed by atoms with E-state index >= 15 is 0 Å². The Balaban J connectivity index is 1.31. The third-order valence-electron chi connectivity index (χ3n) is 11.9. The van der Waals surface area contributed by atoms with Crippen molar-refractivity contribution in [3.63, 3.8) is 0 Å². The van der Waals surface area contributed by atoms with Crippen molar-refractivity contribution in [2.75, 3.05) is 33.7 Å². The number of likely N-dealkylation sites (N-methyl/N-ethyl adjacent to an activating group) is 1. The lowest BCUT2D eigenvalue weighted by Crippen LogP contribution is -2.54. The third-order valence-corrected chi connectivity index (χ3v) is 11.9. The summed E-state index contributed by atoms with van der Waals surface area (Å²) in [4.78, 5) is 12.6. The number of hydrogen-bond donors (Lipinski definition) is 2. The van der Waals surface area contributed by atoms with E-state index in [1.54, 1.807) is 0 Å². The van der Waals surface area contributed by atoms with E-state index in [9.17, 15) is 9.90 Å². The number of quaternary nitrogens is 1. The molecule has 5 unspecified atom stereocenters. The van der Waals surface area contributed by atoms with Crippen LogP contribution in [0.15, 0.2) is 12.7 Å². The summed E-state index contributed by atoms with van der Waals surface area (Å²) >= 11 is 0. The number of carbonyl (C=O) groups is 1. The monoisotopic (exact) mass is 487 g/mol. The minimum absolute atomic E-state index is 0.0508. The Morgan fingerprint density at radius 1 is 1.09 bits per heavy atom. The van der Waals surface area contributed by atoms with Crippen LogP contribution in [-0.2, 0) is 4.79 Å². The molecule has 0 bridgehead atoms. The van der Waals surface area contributed by atoms with Gasteiger partial charge in [-0.05, 0) is 117 Å². The summed E-state index contributed by atoms with van der Waals surface area (Å²) in [6.45, 7) is 14.1. The normalized spacial score (nSPS) is 41.9. The van der Waals surface area contributed by atoms with Crippen LogP contribution in [0.3, 0.4) is 0 Å². The fourth-order valence-electron chi connectivity index (χ4n) is 9.80. The van der Waals surface area contributed by atoms with Crippen molar-refractivity contribution in [1.82, 2.24) is 5.32 Å². The van der Waals surface area contributed by atoms with E-state index < -0.39 is 0 Å². The molecule has 0 aromatic carbocycles. The molecule has 0 heterocycles. The number of fused-ring (bicyclic) bond motifs is 5. The highest BCUT2D eigenvalue weighted by molar-refractivity contribution is 5.75. The number of aliphatic hydroxyl groups excluding tert-OH is 1. The number of amides is 1. The predicted molar refractivity (Wildman–Crippen MR) is 145 cm³/mol. The van der Waals surface area contributed by atoms with Gasteiger partial charge in [0.2, 0.25) is 5.91 Å². The maximum atomic E-state index is 12.6. The smallest absolute Gasteiger partial charge is 0.220 e. The summed E-state index contributed by atoms with van der Waals surface area (Å²) in [5.74, 6) is 4.99. The van der Waals surface area contributed by atoms with Crippen LogP contribution in [0.4, 0.5) is 0 Å². The lowest BCUT2D eigenvalue weighted by molar-refractivity contribution is -0.883. The number of aliphatic hydroxyl groups is 1. The van der Waals surface area contributed by atoms with Crippen LogP contribution in [0.1, 0.15) is 91.4 Å². The quantitative estimate of drug-likeness (QED) is 0.319. The first-order valence-corrected chi connectivity index (χ1v) is 14.9. The molecule has 0 saturated heterocycles. The minimum atomic E-state index is -0.0508. The molecule has 35 heavy (non-hydrogen) atoms. The fourth-order valence-corrected chi connectivity index (χ4v) is 9.80. The molecule has 4 heteroatoms. The molecule has 0 aromatic rings. The van der Waals surface area contributed by atoms with E-state index in [1.165, 1.54) is 44.9 Å². The standard InChI is InChI=1S/C31H54N2O2/c1-7-19-33(5,6)20-18-32-29(35)13-8-22(2)26-11-12-27-25-10-9-23-21-24(34)14-16-30(23,3)28(25)15-17-31(26,27)4/h7,22-28,34H,1,8-21H2,2-6H3/p+1/t22?,23?,24-,25?,26-,27?,28?,30+,31-/m1/s1. The molecule has 4 rings (SSSR count). The van der Waals surface area contributed by atoms with Crippen LogP contribution in [0.25, 0.3) is 0 Å². The van der Waals surface area contributed by atoms with Gasteiger partial charge in [0.1, 0.15) is 0 Å². The lowest BCUT2D eigenvalue weighted by atomic mass is 9.44. The summed E-state index contributed by atoms with van der Waals surface area (Å²) in [6.07, 6.45) is 15.2. The van der Waals surface area contributed by atoms with Crippen molar-refractivity contribution in [1.29, 1.82) is 0 Å². The molecule has 4 nitrogen and oxygen atoms in total. The van der Waals surface area contributed by atoms with Crippen molar-refractivity contribution in [3.8, 4) is 0 Å². The van der Waals surface area contributed by atoms with Gasteiger partial charge in [-0.3, -0.25) is 4.79 Å². The van der Waals surface area contributed by atoms with Crippen molar-refractivity contribution < 1.29 is 14.4 Å². The molecule has 0 spiro atoms. The molecule has 0 radical (unpaired) electrons. The molecule has 4 fully saturated rings. The highest BCUT2D eigenvalue weighted by Crippen LogP contribution is 2.68. The van der Waals surface area contributed by atoms with Gasteiger partial charge in [0.25, 0.3) is 0 Å². The van der Waals surface area contributed by atoms with E-state index in [0.29, 0.717) is 23.2 Å². The van der Waals surface area contributed by atoms with Gasteiger partial charge in [-0.2, -0.15) is 0 Å². The molecule has 4 aliphatic rings. The molecular weight excluding hydrogens is 432 g/mol. The zero-order valence-corrected chi connectivity index (χ0v) is 23.5. The number of hydrogen-bond acceptors (Lipinski definition) is 2. The van der Waals surface area contributed by atoms with Gasteiger partial charge in [0, 0.05) is 6.42 Å². The molecule has 200 valence electrons. The fraction of sp³-hybridized carbons (Fsp3) is 0.903. The molecular formula is C31H55N2O2+. The zero-order chi connectivity index (χ0) is 25.4. The minimum Gasteiger partial charge on any atom is -0.393 e. The van der Waals surface area contributed by atoms with Crippen molar-refractivity contribution in [2.24, 2.45) is 46.3 Å². The van der Waals surface area contributed by atoms with Gasteiger partial charge in [-0.25, -0.2) is 0 Å². The average molecular weight is 488 g/mol. The van der Waals surface area contributed by atoms with E-state index in [1.807, 2.05) is 6.08 Å². The van der Waals surface area contributed by atoms with Crippen molar-refractivity contribution >= 4 is 5.91 Å². The Kier molecular flexibility index (Phi) is 8.14. The Morgan fingerprint density at radius 2 is 1.80 bits per heavy atom. The van der Waals surface area contributed by atoms with Crippen LogP contribution in [0.5, 0.6) is 0 Å². The third kappa shape index (κ3) is 5.40. The molecule has 0 aromatic heterocycles. The molecule has 4 saturated carbocycles. The number of nitrogens with one attached hydrogen (secondary N) is 1. The molecule has 0 aliphatic heterocycles.